The van der Waals surface area contributed by atoms with Gasteiger partial charge in [-0.15, -0.1) is 12.4 Å². The zero-order valence-electron chi connectivity index (χ0n) is 12.1. The van der Waals surface area contributed by atoms with Crippen LogP contribution < -0.4 is 5.32 Å². The van der Waals surface area contributed by atoms with Gasteiger partial charge in [-0.05, 0) is 11.6 Å². The Kier molecular flexibility index (Phi) is 6.63. The monoisotopic (exact) mass is 353 g/mol. The SMILES string of the molecule is Cl.O=[N+]([O-])c1cc([C@@H](N2CCNCC2)C(F)(F)CO)ccc1O. The minimum absolute atomic E-state index is 0. The maximum Gasteiger partial charge on any atom is 0.311 e. The van der Waals surface area contributed by atoms with Gasteiger partial charge in [-0.2, -0.15) is 0 Å². The van der Waals surface area contributed by atoms with Gasteiger partial charge in [0.1, 0.15) is 12.6 Å². The van der Waals surface area contributed by atoms with E-state index in [0.717, 1.165) is 12.1 Å². The first-order valence-corrected chi connectivity index (χ1v) is 6.77. The molecule has 1 aromatic carbocycles. The first kappa shape index (κ1) is 19.5. The molecule has 23 heavy (non-hydrogen) atoms. The summed E-state index contributed by atoms with van der Waals surface area (Å²) in [5, 5.41) is 32.4. The summed E-state index contributed by atoms with van der Waals surface area (Å²) < 4.78 is 28.4. The quantitative estimate of drug-likeness (QED) is 0.545. The molecule has 3 N–H and O–H groups in total. The van der Waals surface area contributed by atoms with E-state index in [9.17, 15) is 24.0 Å². The van der Waals surface area contributed by atoms with Crippen molar-refractivity contribution in [2.75, 3.05) is 32.8 Å². The molecule has 10 heteroatoms. The maximum atomic E-state index is 14.2. The summed E-state index contributed by atoms with van der Waals surface area (Å²) in [6.07, 6.45) is 0. The molecule has 1 aromatic rings. The van der Waals surface area contributed by atoms with Crippen molar-refractivity contribution < 1.29 is 23.9 Å². The van der Waals surface area contributed by atoms with E-state index in [1.807, 2.05) is 0 Å². The Morgan fingerprint density at radius 1 is 1.39 bits per heavy atom. The zero-order chi connectivity index (χ0) is 16.3. The van der Waals surface area contributed by atoms with Crippen molar-refractivity contribution in [3.8, 4) is 5.75 Å². The Bertz CT molecular complexity index is 556. The Hall–Kier alpha value is -1.55. The van der Waals surface area contributed by atoms with Gasteiger partial charge in [0.05, 0.1) is 4.92 Å². The van der Waals surface area contributed by atoms with Gasteiger partial charge >= 0.3 is 5.69 Å². The number of hydrogen-bond donors (Lipinski definition) is 3. The molecular formula is C13H18ClF2N3O4. The number of piperazine rings is 1. The summed E-state index contributed by atoms with van der Waals surface area (Å²) in [5.41, 5.74) is -0.642. The standard InChI is InChI=1S/C13H17F2N3O4.ClH/c14-13(15,8-19)12(17-5-3-16-4-6-17)9-1-2-11(20)10(7-9)18(21)22;/h1-2,7,12,16,19-20H,3-6,8H2;1H/t12-;/m1./s1. The molecule has 1 saturated heterocycles. The first-order valence-electron chi connectivity index (χ1n) is 6.77. The van der Waals surface area contributed by atoms with Gasteiger partial charge in [0, 0.05) is 32.2 Å². The predicted molar refractivity (Wildman–Crippen MR) is 81.2 cm³/mol. The Labute approximate surface area is 137 Å². The second-order valence-corrected chi connectivity index (χ2v) is 5.11. The third-order valence-electron chi connectivity index (χ3n) is 3.64. The highest BCUT2D eigenvalue weighted by atomic mass is 35.5. The second-order valence-electron chi connectivity index (χ2n) is 5.11. The largest absolute Gasteiger partial charge is 0.502 e. The van der Waals surface area contributed by atoms with E-state index in [1.165, 1.54) is 11.0 Å². The number of phenolic OH excluding ortho intramolecular Hbond substituents is 1. The molecule has 0 amide bonds. The van der Waals surface area contributed by atoms with E-state index < -0.39 is 34.9 Å². The van der Waals surface area contributed by atoms with E-state index in [-0.39, 0.29) is 18.0 Å². The van der Waals surface area contributed by atoms with Crippen molar-refractivity contribution in [2.24, 2.45) is 0 Å². The average molecular weight is 354 g/mol. The van der Waals surface area contributed by atoms with Crippen LogP contribution in [0.4, 0.5) is 14.5 Å². The molecule has 0 radical (unpaired) electrons. The van der Waals surface area contributed by atoms with E-state index in [1.54, 1.807) is 0 Å². The van der Waals surface area contributed by atoms with E-state index >= 15 is 0 Å². The smallest absolute Gasteiger partial charge is 0.311 e. The van der Waals surface area contributed by atoms with Gasteiger partial charge in [0.2, 0.25) is 0 Å². The number of phenols is 1. The number of nitro groups is 1. The molecule has 7 nitrogen and oxygen atoms in total. The fourth-order valence-electron chi connectivity index (χ4n) is 2.61. The highest BCUT2D eigenvalue weighted by Crippen LogP contribution is 2.39. The summed E-state index contributed by atoms with van der Waals surface area (Å²) in [6.45, 7) is 0.316. The molecule has 1 fully saturated rings. The number of aliphatic hydroxyl groups excluding tert-OH is 1. The number of halogens is 3. The van der Waals surface area contributed by atoms with Crippen LogP contribution in [0.3, 0.4) is 0 Å². The van der Waals surface area contributed by atoms with E-state index in [0.29, 0.717) is 26.2 Å². The lowest BCUT2D eigenvalue weighted by molar-refractivity contribution is -0.386. The minimum Gasteiger partial charge on any atom is -0.502 e. The van der Waals surface area contributed by atoms with Crippen LogP contribution in [0, 0.1) is 10.1 Å². The topological polar surface area (TPSA) is 98.9 Å². The molecule has 1 aliphatic rings. The third kappa shape index (κ3) is 4.25. The highest BCUT2D eigenvalue weighted by Gasteiger charge is 2.44. The van der Waals surface area contributed by atoms with Crippen LogP contribution in [-0.4, -0.2) is 58.7 Å². The number of rotatable bonds is 5. The molecule has 2 rings (SSSR count). The maximum absolute atomic E-state index is 14.2. The van der Waals surface area contributed by atoms with Crippen LogP contribution in [0.2, 0.25) is 0 Å². The lowest BCUT2D eigenvalue weighted by Crippen LogP contribution is -2.51. The lowest BCUT2D eigenvalue weighted by Gasteiger charge is -2.38. The van der Waals surface area contributed by atoms with Crippen LogP contribution in [0.25, 0.3) is 0 Å². The normalized spacial score (nSPS) is 17.3. The molecular weight excluding hydrogens is 336 g/mol. The highest BCUT2D eigenvalue weighted by molar-refractivity contribution is 5.85. The van der Waals surface area contributed by atoms with Crippen molar-refractivity contribution in [3.05, 3.63) is 33.9 Å². The van der Waals surface area contributed by atoms with Crippen LogP contribution in [0.5, 0.6) is 5.75 Å². The second kappa shape index (κ2) is 7.82. The number of aliphatic hydroxyl groups is 1. The van der Waals surface area contributed by atoms with Crippen molar-refractivity contribution in [1.82, 2.24) is 10.2 Å². The van der Waals surface area contributed by atoms with E-state index in [2.05, 4.69) is 5.32 Å². The zero-order valence-corrected chi connectivity index (χ0v) is 12.9. The van der Waals surface area contributed by atoms with E-state index in [4.69, 9.17) is 5.11 Å². The Morgan fingerprint density at radius 2 is 2.00 bits per heavy atom. The first-order chi connectivity index (χ1) is 10.4. The fraction of sp³-hybridized carbons (Fsp3) is 0.538. The molecule has 0 spiro atoms. The van der Waals surface area contributed by atoms with Crippen molar-refractivity contribution in [3.63, 3.8) is 0 Å². The number of hydrogen-bond acceptors (Lipinski definition) is 6. The minimum atomic E-state index is -3.46. The van der Waals surface area contributed by atoms with Crippen molar-refractivity contribution in [2.45, 2.75) is 12.0 Å². The molecule has 0 aromatic heterocycles. The van der Waals surface area contributed by atoms with Crippen LogP contribution in [0.15, 0.2) is 18.2 Å². The molecule has 0 unspecified atom stereocenters. The molecule has 1 heterocycles. The molecule has 0 aliphatic carbocycles. The number of nitrogens with zero attached hydrogens (tertiary/aromatic N) is 2. The summed E-state index contributed by atoms with van der Waals surface area (Å²) >= 11 is 0. The number of benzene rings is 1. The van der Waals surface area contributed by atoms with Gasteiger partial charge in [-0.3, -0.25) is 15.0 Å². The summed E-state index contributed by atoms with van der Waals surface area (Å²) in [5.74, 6) is -4.04. The summed E-state index contributed by atoms with van der Waals surface area (Å²) in [7, 11) is 0. The van der Waals surface area contributed by atoms with Crippen LogP contribution in [-0.2, 0) is 0 Å². The number of alkyl halides is 2. The molecule has 0 saturated carbocycles. The number of nitrogens with one attached hydrogen (secondary N) is 1. The predicted octanol–water partition coefficient (Wildman–Crippen LogP) is 1.30. The molecule has 130 valence electrons. The lowest BCUT2D eigenvalue weighted by atomic mass is 9.97. The van der Waals surface area contributed by atoms with Gasteiger partial charge in [-0.25, -0.2) is 8.78 Å². The van der Waals surface area contributed by atoms with Gasteiger partial charge < -0.3 is 15.5 Å². The van der Waals surface area contributed by atoms with Gasteiger partial charge in [0.25, 0.3) is 5.92 Å². The van der Waals surface area contributed by atoms with Gasteiger partial charge in [-0.1, -0.05) is 6.07 Å². The van der Waals surface area contributed by atoms with Crippen LogP contribution in [0.1, 0.15) is 11.6 Å². The molecule has 0 bridgehead atoms. The summed E-state index contributed by atoms with van der Waals surface area (Å²) in [4.78, 5) is 11.5. The average Bonchev–Trinajstić information content (AvgIpc) is 2.50. The van der Waals surface area contributed by atoms with Crippen molar-refractivity contribution >= 4 is 18.1 Å². The van der Waals surface area contributed by atoms with Crippen LogP contribution >= 0.6 is 12.4 Å². The Morgan fingerprint density at radius 3 is 2.52 bits per heavy atom. The number of nitro benzene ring substituents is 1. The summed E-state index contributed by atoms with van der Waals surface area (Å²) in [6, 6.07) is 1.69. The Balaban J connectivity index is 0.00000264. The van der Waals surface area contributed by atoms with Gasteiger partial charge in [0.15, 0.2) is 5.75 Å². The fourth-order valence-corrected chi connectivity index (χ4v) is 2.61. The third-order valence-corrected chi connectivity index (χ3v) is 3.64. The van der Waals surface area contributed by atoms with Crippen molar-refractivity contribution in [1.29, 1.82) is 0 Å². The molecule has 1 atom stereocenters. The molecule has 1 aliphatic heterocycles. The number of aromatic hydroxyl groups is 1.